The zero-order valence-electron chi connectivity index (χ0n) is 12.6. The first kappa shape index (κ1) is 16.6. The van der Waals surface area contributed by atoms with Crippen molar-refractivity contribution >= 4 is 23.5 Å². The van der Waals surface area contributed by atoms with E-state index in [0.29, 0.717) is 10.8 Å². The van der Waals surface area contributed by atoms with E-state index in [-0.39, 0.29) is 6.04 Å². The van der Waals surface area contributed by atoms with Gasteiger partial charge in [0, 0.05) is 6.04 Å². The van der Waals surface area contributed by atoms with E-state index in [9.17, 15) is 9.59 Å². The molecule has 5 nitrogen and oxygen atoms in total. The van der Waals surface area contributed by atoms with E-state index in [2.05, 4.69) is 10.6 Å². The lowest BCUT2D eigenvalue weighted by Crippen LogP contribution is -2.48. The van der Waals surface area contributed by atoms with Gasteiger partial charge in [-0.15, -0.1) is 0 Å². The van der Waals surface area contributed by atoms with Gasteiger partial charge < -0.3 is 10.1 Å². The summed E-state index contributed by atoms with van der Waals surface area (Å²) in [6.45, 7) is 1.58. The second kappa shape index (κ2) is 8.03. The Hall–Kier alpha value is -1.75. The quantitative estimate of drug-likeness (QED) is 0.893. The number of halogens is 1. The SMILES string of the molecule is C[C@@H](Oc1ccccc1Cl)C(=O)NC(=O)NC1CCCCC1. The van der Waals surface area contributed by atoms with Gasteiger partial charge in [-0.25, -0.2) is 4.79 Å². The van der Waals surface area contributed by atoms with Gasteiger partial charge in [0.05, 0.1) is 5.02 Å². The lowest BCUT2D eigenvalue weighted by atomic mass is 9.96. The van der Waals surface area contributed by atoms with Crippen LogP contribution in [-0.2, 0) is 4.79 Å². The van der Waals surface area contributed by atoms with Crippen molar-refractivity contribution in [1.82, 2.24) is 10.6 Å². The number of imide groups is 1. The van der Waals surface area contributed by atoms with Crippen LogP contribution < -0.4 is 15.4 Å². The first-order valence-corrected chi connectivity index (χ1v) is 7.96. The van der Waals surface area contributed by atoms with Crippen LogP contribution in [0.25, 0.3) is 0 Å². The summed E-state index contributed by atoms with van der Waals surface area (Å²) in [4.78, 5) is 23.8. The number of carbonyl (C=O) groups is 2. The fraction of sp³-hybridized carbons (Fsp3) is 0.500. The van der Waals surface area contributed by atoms with E-state index in [4.69, 9.17) is 16.3 Å². The van der Waals surface area contributed by atoms with Crippen LogP contribution in [0.1, 0.15) is 39.0 Å². The molecular formula is C16H21ClN2O3. The van der Waals surface area contributed by atoms with Crippen molar-refractivity contribution in [3.05, 3.63) is 29.3 Å². The fourth-order valence-corrected chi connectivity index (χ4v) is 2.65. The lowest BCUT2D eigenvalue weighted by molar-refractivity contribution is -0.126. The number of para-hydroxylation sites is 1. The molecular weight excluding hydrogens is 304 g/mol. The average Bonchev–Trinajstić information content (AvgIpc) is 2.50. The molecule has 2 rings (SSSR count). The van der Waals surface area contributed by atoms with Gasteiger partial charge in [0.15, 0.2) is 6.10 Å². The highest BCUT2D eigenvalue weighted by Crippen LogP contribution is 2.24. The predicted octanol–water partition coefficient (Wildman–Crippen LogP) is 3.27. The monoisotopic (exact) mass is 324 g/mol. The maximum Gasteiger partial charge on any atom is 0.321 e. The molecule has 1 aromatic carbocycles. The van der Waals surface area contributed by atoms with Gasteiger partial charge in [-0.05, 0) is 31.9 Å². The van der Waals surface area contributed by atoms with Crippen LogP contribution in [0.4, 0.5) is 4.79 Å². The molecule has 6 heteroatoms. The Balaban J connectivity index is 1.80. The molecule has 0 heterocycles. The summed E-state index contributed by atoms with van der Waals surface area (Å²) in [5.74, 6) is -0.0762. The van der Waals surface area contributed by atoms with Crippen molar-refractivity contribution in [3.8, 4) is 5.75 Å². The molecule has 2 N–H and O–H groups in total. The summed E-state index contributed by atoms with van der Waals surface area (Å²) in [7, 11) is 0. The number of carbonyl (C=O) groups excluding carboxylic acids is 2. The number of amides is 3. The minimum absolute atomic E-state index is 0.154. The summed E-state index contributed by atoms with van der Waals surface area (Å²) < 4.78 is 5.47. The Labute approximate surface area is 135 Å². The topological polar surface area (TPSA) is 67.4 Å². The Kier molecular flexibility index (Phi) is 6.07. The Bertz CT molecular complexity index is 530. The first-order chi connectivity index (χ1) is 10.6. The third kappa shape index (κ3) is 4.91. The van der Waals surface area contributed by atoms with E-state index in [1.54, 1.807) is 31.2 Å². The van der Waals surface area contributed by atoms with Crippen molar-refractivity contribution < 1.29 is 14.3 Å². The molecule has 1 aliphatic rings. The Morgan fingerprint density at radius 1 is 1.23 bits per heavy atom. The molecule has 1 atom stereocenters. The molecule has 1 fully saturated rings. The van der Waals surface area contributed by atoms with Crippen molar-refractivity contribution in [2.24, 2.45) is 0 Å². The molecule has 3 amide bonds. The molecule has 1 saturated carbocycles. The number of rotatable bonds is 4. The second-order valence-electron chi connectivity index (χ2n) is 5.49. The smallest absolute Gasteiger partial charge is 0.321 e. The number of nitrogens with one attached hydrogen (secondary N) is 2. The normalized spacial score (nSPS) is 16.6. The fourth-order valence-electron chi connectivity index (χ4n) is 2.47. The lowest BCUT2D eigenvalue weighted by Gasteiger charge is -2.23. The standard InChI is InChI=1S/C16H21ClN2O3/c1-11(22-14-10-6-5-9-13(14)17)15(20)19-16(21)18-12-7-3-2-4-8-12/h5-6,9-12H,2-4,7-8H2,1H3,(H2,18,19,20,21)/t11-/m1/s1. The zero-order valence-corrected chi connectivity index (χ0v) is 13.4. The predicted molar refractivity (Wildman–Crippen MR) is 85.1 cm³/mol. The van der Waals surface area contributed by atoms with Crippen LogP contribution in [0, 0.1) is 0 Å². The molecule has 0 aromatic heterocycles. The van der Waals surface area contributed by atoms with Crippen molar-refractivity contribution in [3.63, 3.8) is 0 Å². The van der Waals surface area contributed by atoms with Gasteiger partial charge in [0.25, 0.3) is 5.91 Å². The molecule has 0 bridgehead atoms. The molecule has 0 radical (unpaired) electrons. The average molecular weight is 325 g/mol. The number of urea groups is 1. The van der Waals surface area contributed by atoms with Gasteiger partial charge in [-0.2, -0.15) is 0 Å². The third-order valence-electron chi connectivity index (χ3n) is 3.69. The van der Waals surface area contributed by atoms with E-state index in [1.165, 1.54) is 6.42 Å². The van der Waals surface area contributed by atoms with Gasteiger partial charge in [-0.3, -0.25) is 10.1 Å². The van der Waals surface area contributed by atoms with Crippen LogP contribution in [-0.4, -0.2) is 24.1 Å². The zero-order chi connectivity index (χ0) is 15.9. The van der Waals surface area contributed by atoms with Gasteiger partial charge in [-0.1, -0.05) is 43.0 Å². The second-order valence-corrected chi connectivity index (χ2v) is 5.90. The largest absolute Gasteiger partial charge is 0.479 e. The summed E-state index contributed by atoms with van der Waals surface area (Å²) >= 11 is 5.97. The maximum absolute atomic E-state index is 12.0. The van der Waals surface area contributed by atoms with E-state index >= 15 is 0 Å². The summed E-state index contributed by atoms with van der Waals surface area (Å²) in [5.41, 5.74) is 0. The maximum atomic E-state index is 12.0. The van der Waals surface area contributed by atoms with E-state index < -0.39 is 18.0 Å². The van der Waals surface area contributed by atoms with E-state index in [0.717, 1.165) is 25.7 Å². The van der Waals surface area contributed by atoms with Crippen molar-refractivity contribution in [2.75, 3.05) is 0 Å². The summed E-state index contributed by atoms with van der Waals surface area (Å²) in [6.07, 6.45) is 4.56. The molecule has 1 aromatic rings. The molecule has 0 aliphatic heterocycles. The van der Waals surface area contributed by atoms with E-state index in [1.807, 2.05) is 0 Å². The molecule has 1 aliphatic carbocycles. The summed E-state index contributed by atoms with van der Waals surface area (Å²) in [5, 5.41) is 5.56. The van der Waals surface area contributed by atoms with Crippen molar-refractivity contribution in [2.45, 2.75) is 51.2 Å². The highest BCUT2D eigenvalue weighted by molar-refractivity contribution is 6.32. The number of ether oxygens (including phenoxy) is 1. The molecule has 0 saturated heterocycles. The molecule has 0 spiro atoms. The number of benzene rings is 1. The number of hydrogen-bond donors (Lipinski definition) is 2. The minimum atomic E-state index is -0.808. The van der Waals surface area contributed by atoms with Crippen LogP contribution in [0.3, 0.4) is 0 Å². The Morgan fingerprint density at radius 2 is 1.91 bits per heavy atom. The third-order valence-corrected chi connectivity index (χ3v) is 4.00. The molecule has 120 valence electrons. The molecule has 0 unspecified atom stereocenters. The van der Waals surface area contributed by atoms with Crippen LogP contribution in [0.5, 0.6) is 5.75 Å². The highest BCUT2D eigenvalue weighted by Gasteiger charge is 2.21. The van der Waals surface area contributed by atoms with Crippen LogP contribution >= 0.6 is 11.6 Å². The summed E-state index contributed by atoms with van der Waals surface area (Å²) in [6, 6.07) is 6.58. The minimum Gasteiger partial charge on any atom is -0.479 e. The van der Waals surface area contributed by atoms with Gasteiger partial charge in [0.1, 0.15) is 5.75 Å². The van der Waals surface area contributed by atoms with Crippen LogP contribution in [0.2, 0.25) is 5.02 Å². The number of hydrogen-bond acceptors (Lipinski definition) is 3. The highest BCUT2D eigenvalue weighted by atomic mass is 35.5. The van der Waals surface area contributed by atoms with Gasteiger partial charge >= 0.3 is 6.03 Å². The van der Waals surface area contributed by atoms with Crippen molar-refractivity contribution in [1.29, 1.82) is 0 Å². The van der Waals surface area contributed by atoms with Gasteiger partial charge in [0.2, 0.25) is 0 Å². The Morgan fingerprint density at radius 3 is 2.59 bits per heavy atom. The molecule has 22 heavy (non-hydrogen) atoms. The first-order valence-electron chi connectivity index (χ1n) is 7.59. The van der Waals surface area contributed by atoms with Crippen LogP contribution in [0.15, 0.2) is 24.3 Å².